The molecule has 0 saturated heterocycles. The Kier molecular flexibility index (Phi) is 7.76. The van der Waals surface area contributed by atoms with E-state index in [1.165, 1.54) is 50.0 Å². The highest BCUT2D eigenvalue weighted by molar-refractivity contribution is 5.24. The summed E-state index contributed by atoms with van der Waals surface area (Å²) in [6, 6.07) is 9.38. The van der Waals surface area contributed by atoms with E-state index in [1.807, 2.05) is 0 Å². The lowest BCUT2D eigenvalue weighted by atomic mass is 10.0. The van der Waals surface area contributed by atoms with E-state index < -0.39 is 0 Å². The van der Waals surface area contributed by atoms with Gasteiger partial charge in [-0.25, -0.2) is 0 Å². The second kappa shape index (κ2) is 9.11. The van der Waals surface area contributed by atoms with Gasteiger partial charge in [-0.15, -0.1) is 0 Å². The molecule has 0 fully saturated rings. The first kappa shape index (κ1) is 16.2. The fourth-order valence-electron chi connectivity index (χ4n) is 2.56. The van der Waals surface area contributed by atoms with Gasteiger partial charge in [0.05, 0.1) is 0 Å². The maximum Gasteiger partial charge on any atom is 0.0329 e. The summed E-state index contributed by atoms with van der Waals surface area (Å²) in [5.41, 5.74) is 2.73. The van der Waals surface area contributed by atoms with Crippen molar-refractivity contribution in [3.05, 3.63) is 35.4 Å². The van der Waals surface area contributed by atoms with Gasteiger partial charge in [0.15, 0.2) is 0 Å². The Balaban J connectivity index is 2.53. The summed E-state index contributed by atoms with van der Waals surface area (Å²) in [5, 5.41) is 3.45. The number of hydrogen-bond donors (Lipinski definition) is 1. The summed E-state index contributed by atoms with van der Waals surface area (Å²) >= 11 is 0. The number of benzene rings is 1. The van der Waals surface area contributed by atoms with Crippen LogP contribution < -0.4 is 5.32 Å². The van der Waals surface area contributed by atoms with Gasteiger partial charge in [-0.05, 0) is 58.4 Å². The zero-order valence-electron chi connectivity index (χ0n) is 13.1. The predicted molar refractivity (Wildman–Crippen MR) is 84.6 cm³/mol. The van der Waals surface area contributed by atoms with Crippen LogP contribution in [0, 0.1) is 6.92 Å². The van der Waals surface area contributed by atoms with E-state index in [1.54, 1.807) is 0 Å². The molecule has 0 saturated carbocycles. The van der Waals surface area contributed by atoms with Crippen molar-refractivity contribution >= 4 is 0 Å². The highest BCUT2D eigenvalue weighted by atomic mass is 15.1. The smallest absolute Gasteiger partial charge is 0.0329 e. The average molecular weight is 262 g/mol. The Morgan fingerprint density at radius 2 is 1.58 bits per heavy atom. The SMILES string of the molecule is CCCN(CCC)CCC(NC)c1ccc(C)cc1. The first-order chi connectivity index (χ1) is 9.21. The van der Waals surface area contributed by atoms with E-state index in [9.17, 15) is 0 Å². The molecular formula is C17H30N2. The zero-order chi connectivity index (χ0) is 14.1. The predicted octanol–water partition coefficient (Wildman–Crippen LogP) is 3.77. The number of hydrogen-bond acceptors (Lipinski definition) is 2. The second-order valence-electron chi connectivity index (χ2n) is 5.38. The molecule has 0 bridgehead atoms. The number of nitrogens with one attached hydrogen (secondary N) is 1. The van der Waals surface area contributed by atoms with Crippen LogP contribution in [0.15, 0.2) is 24.3 Å². The third-order valence-corrected chi connectivity index (χ3v) is 3.64. The minimum atomic E-state index is 0.469. The summed E-state index contributed by atoms with van der Waals surface area (Å²) in [6.45, 7) is 10.3. The number of nitrogens with zero attached hydrogens (tertiary/aromatic N) is 1. The first-order valence-corrected chi connectivity index (χ1v) is 7.67. The van der Waals surface area contributed by atoms with Crippen LogP contribution in [0.25, 0.3) is 0 Å². The first-order valence-electron chi connectivity index (χ1n) is 7.67. The lowest BCUT2D eigenvalue weighted by Crippen LogP contribution is -2.29. The highest BCUT2D eigenvalue weighted by Gasteiger charge is 2.11. The van der Waals surface area contributed by atoms with Crippen LogP contribution in [0.5, 0.6) is 0 Å². The molecule has 1 aromatic rings. The van der Waals surface area contributed by atoms with Crippen molar-refractivity contribution in [2.45, 2.75) is 46.1 Å². The molecule has 0 radical (unpaired) electrons. The Labute approximate surface area is 119 Å². The standard InChI is InChI=1S/C17H30N2/c1-5-12-19(13-6-2)14-11-17(18-4)16-9-7-15(3)8-10-16/h7-10,17-18H,5-6,11-14H2,1-4H3. The van der Waals surface area contributed by atoms with E-state index in [2.05, 4.69) is 62.3 Å². The van der Waals surface area contributed by atoms with Gasteiger partial charge in [0.1, 0.15) is 0 Å². The maximum atomic E-state index is 3.45. The van der Waals surface area contributed by atoms with Crippen molar-refractivity contribution in [2.24, 2.45) is 0 Å². The summed E-state index contributed by atoms with van der Waals surface area (Å²) in [5.74, 6) is 0. The highest BCUT2D eigenvalue weighted by Crippen LogP contribution is 2.17. The molecule has 0 aliphatic carbocycles. The molecule has 2 heteroatoms. The molecule has 0 amide bonds. The van der Waals surface area contributed by atoms with E-state index in [0.29, 0.717) is 6.04 Å². The van der Waals surface area contributed by atoms with Gasteiger partial charge in [0.25, 0.3) is 0 Å². The van der Waals surface area contributed by atoms with Crippen LogP contribution in [0.4, 0.5) is 0 Å². The third kappa shape index (κ3) is 5.75. The van der Waals surface area contributed by atoms with E-state index in [-0.39, 0.29) is 0 Å². The Morgan fingerprint density at radius 1 is 1.00 bits per heavy atom. The van der Waals surface area contributed by atoms with Crippen LogP contribution in [-0.4, -0.2) is 31.6 Å². The van der Waals surface area contributed by atoms with Gasteiger partial charge in [-0.2, -0.15) is 0 Å². The molecular weight excluding hydrogens is 232 g/mol. The molecule has 108 valence electrons. The minimum absolute atomic E-state index is 0.469. The Morgan fingerprint density at radius 3 is 2.05 bits per heavy atom. The van der Waals surface area contributed by atoms with Crippen LogP contribution in [-0.2, 0) is 0 Å². The zero-order valence-corrected chi connectivity index (χ0v) is 13.1. The number of rotatable bonds is 9. The van der Waals surface area contributed by atoms with Crippen molar-refractivity contribution in [2.75, 3.05) is 26.7 Å². The number of aryl methyl sites for hydroxylation is 1. The summed E-state index contributed by atoms with van der Waals surface area (Å²) in [6.07, 6.45) is 3.67. The van der Waals surface area contributed by atoms with E-state index in [0.717, 1.165) is 0 Å². The van der Waals surface area contributed by atoms with Crippen LogP contribution >= 0.6 is 0 Å². The molecule has 1 unspecified atom stereocenters. The van der Waals surface area contributed by atoms with Crippen LogP contribution in [0.3, 0.4) is 0 Å². The topological polar surface area (TPSA) is 15.3 Å². The molecule has 1 aromatic carbocycles. The Bertz CT molecular complexity index is 326. The molecule has 1 N–H and O–H groups in total. The van der Waals surface area contributed by atoms with Gasteiger partial charge < -0.3 is 10.2 Å². The molecule has 0 aliphatic heterocycles. The van der Waals surface area contributed by atoms with E-state index in [4.69, 9.17) is 0 Å². The second-order valence-corrected chi connectivity index (χ2v) is 5.38. The Hall–Kier alpha value is -0.860. The lowest BCUT2D eigenvalue weighted by molar-refractivity contribution is 0.259. The summed E-state index contributed by atoms with van der Waals surface area (Å²) in [4.78, 5) is 2.58. The van der Waals surface area contributed by atoms with Gasteiger partial charge in [0.2, 0.25) is 0 Å². The third-order valence-electron chi connectivity index (χ3n) is 3.64. The van der Waals surface area contributed by atoms with Gasteiger partial charge in [0, 0.05) is 6.04 Å². The van der Waals surface area contributed by atoms with Gasteiger partial charge in [-0.1, -0.05) is 43.7 Å². The van der Waals surface area contributed by atoms with Crippen molar-refractivity contribution in [1.29, 1.82) is 0 Å². The molecule has 0 aromatic heterocycles. The van der Waals surface area contributed by atoms with Crippen molar-refractivity contribution < 1.29 is 0 Å². The monoisotopic (exact) mass is 262 g/mol. The van der Waals surface area contributed by atoms with Gasteiger partial charge in [-0.3, -0.25) is 0 Å². The van der Waals surface area contributed by atoms with E-state index >= 15 is 0 Å². The summed E-state index contributed by atoms with van der Waals surface area (Å²) in [7, 11) is 2.06. The molecule has 0 spiro atoms. The molecule has 2 nitrogen and oxygen atoms in total. The van der Waals surface area contributed by atoms with Crippen molar-refractivity contribution in [1.82, 2.24) is 10.2 Å². The molecule has 1 atom stereocenters. The molecule has 1 rings (SSSR count). The van der Waals surface area contributed by atoms with Crippen LogP contribution in [0.1, 0.15) is 50.3 Å². The van der Waals surface area contributed by atoms with Crippen molar-refractivity contribution in [3.63, 3.8) is 0 Å². The maximum absolute atomic E-state index is 3.45. The molecule has 0 heterocycles. The largest absolute Gasteiger partial charge is 0.313 e. The quantitative estimate of drug-likeness (QED) is 0.729. The normalized spacial score (nSPS) is 12.9. The fraction of sp³-hybridized carbons (Fsp3) is 0.647. The average Bonchev–Trinajstić information content (AvgIpc) is 2.41. The lowest BCUT2D eigenvalue weighted by Gasteiger charge is -2.24. The van der Waals surface area contributed by atoms with Gasteiger partial charge >= 0.3 is 0 Å². The molecule has 0 aliphatic rings. The fourth-order valence-corrected chi connectivity index (χ4v) is 2.56. The van der Waals surface area contributed by atoms with Crippen molar-refractivity contribution in [3.8, 4) is 0 Å². The van der Waals surface area contributed by atoms with Crippen LogP contribution in [0.2, 0.25) is 0 Å². The summed E-state index contributed by atoms with van der Waals surface area (Å²) < 4.78 is 0. The molecule has 19 heavy (non-hydrogen) atoms. The minimum Gasteiger partial charge on any atom is -0.313 e.